The molecule has 8 heteroatoms. The lowest BCUT2D eigenvalue weighted by atomic mass is 10.2. The standard InChI is InChI=1S/C19H16N4O3S/c1-22(19-20-14-8-4-5-9-15(14)27-19)16(24)10-11-23-18(26)13-7-3-2-6-12(13)17(25)21-23/h2-9H,10-11H2,1H3,(H,21,25). The van der Waals surface area contributed by atoms with Crippen molar-refractivity contribution >= 4 is 43.4 Å². The van der Waals surface area contributed by atoms with Crippen molar-refractivity contribution in [2.24, 2.45) is 0 Å². The van der Waals surface area contributed by atoms with Gasteiger partial charge in [0, 0.05) is 13.5 Å². The first-order valence-electron chi connectivity index (χ1n) is 8.38. The molecule has 4 aromatic rings. The number of hydrogen-bond acceptors (Lipinski definition) is 5. The second-order valence-electron chi connectivity index (χ2n) is 6.11. The van der Waals surface area contributed by atoms with Crippen LogP contribution in [0.1, 0.15) is 6.42 Å². The maximum Gasteiger partial charge on any atom is 0.273 e. The Hall–Kier alpha value is -3.26. The van der Waals surface area contributed by atoms with E-state index in [9.17, 15) is 14.4 Å². The molecule has 0 atom stereocenters. The number of thiazole rings is 1. The lowest BCUT2D eigenvalue weighted by Crippen LogP contribution is -2.33. The van der Waals surface area contributed by atoms with Crippen molar-refractivity contribution in [3.05, 3.63) is 69.2 Å². The molecule has 2 aromatic heterocycles. The molecule has 0 aliphatic heterocycles. The van der Waals surface area contributed by atoms with E-state index >= 15 is 0 Å². The smallest absolute Gasteiger partial charge is 0.273 e. The van der Waals surface area contributed by atoms with E-state index < -0.39 is 0 Å². The van der Waals surface area contributed by atoms with Gasteiger partial charge in [0.2, 0.25) is 5.91 Å². The fourth-order valence-corrected chi connectivity index (χ4v) is 3.83. The highest BCUT2D eigenvalue weighted by Crippen LogP contribution is 2.28. The van der Waals surface area contributed by atoms with Crippen molar-refractivity contribution in [3.63, 3.8) is 0 Å². The average Bonchev–Trinajstić information content (AvgIpc) is 3.13. The van der Waals surface area contributed by atoms with E-state index in [1.54, 1.807) is 31.3 Å². The number of aryl methyl sites for hydroxylation is 1. The van der Waals surface area contributed by atoms with Crippen LogP contribution in [0.15, 0.2) is 58.1 Å². The van der Waals surface area contributed by atoms with Crippen LogP contribution in [0.3, 0.4) is 0 Å². The molecule has 2 heterocycles. The van der Waals surface area contributed by atoms with Gasteiger partial charge in [-0.1, -0.05) is 35.6 Å². The van der Waals surface area contributed by atoms with Gasteiger partial charge in [0.05, 0.1) is 27.5 Å². The topological polar surface area (TPSA) is 88.1 Å². The molecule has 0 spiro atoms. The van der Waals surface area contributed by atoms with Gasteiger partial charge in [-0.2, -0.15) is 0 Å². The van der Waals surface area contributed by atoms with Crippen molar-refractivity contribution in [1.29, 1.82) is 0 Å². The van der Waals surface area contributed by atoms with Gasteiger partial charge < -0.3 is 0 Å². The van der Waals surface area contributed by atoms with Crippen molar-refractivity contribution < 1.29 is 4.79 Å². The summed E-state index contributed by atoms with van der Waals surface area (Å²) in [5.41, 5.74) is 0.171. The van der Waals surface area contributed by atoms with Crippen molar-refractivity contribution in [3.8, 4) is 0 Å². The molecule has 4 rings (SSSR count). The summed E-state index contributed by atoms with van der Waals surface area (Å²) in [5.74, 6) is -0.185. The van der Waals surface area contributed by atoms with E-state index in [0.717, 1.165) is 10.2 Å². The number of H-pyrrole nitrogens is 1. The third-order valence-electron chi connectivity index (χ3n) is 4.38. The first kappa shape index (κ1) is 17.2. The Balaban J connectivity index is 1.55. The Kier molecular flexibility index (Phi) is 4.33. The van der Waals surface area contributed by atoms with E-state index in [1.165, 1.54) is 20.9 Å². The number of nitrogens with zero attached hydrogens (tertiary/aromatic N) is 3. The summed E-state index contributed by atoms with van der Waals surface area (Å²) in [6.07, 6.45) is 0.0701. The van der Waals surface area contributed by atoms with E-state index in [2.05, 4.69) is 10.1 Å². The maximum absolute atomic E-state index is 12.5. The summed E-state index contributed by atoms with van der Waals surface area (Å²) in [7, 11) is 1.66. The minimum absolute atomic E-state index is 0.0701. The molecule has 0 saturated heterocycles. The predicted octanol–water partition coefficient (Wildman–Crippen LogP) is 2.35. The number of rotatable bonds is 4. The minimum atomic E-state index is -0.350. The van der Waals surface area contributed by atoms with Gasteiger partial charge in [-0.3, -0.25) is 24.4 Å². The van der Waals surface area contributed by atoms with Crippen LogP contribution >= 0.6 is 11.3 Å². The van der Waals surface area contributed by atoms with Crippen LogP contribution in [-0.4, -0.2) is 27.7 Å². The van der Waals surface area contributed by atoms with E-state index in [4.69, 9.17) is 0 Å². The van der Waals surface area contributed by atoms with Crippen LogP contribution in [-0.2, 0) is 11.3 Å². The van der Waals surface area contributed by atoms with Crippen molar-refractivity contribution in [2.75, 3.05) is 11.9 Å². The van der Waals surface area contributed by atoms with Crippen molar-refractivity contribution in [1.82, 2.24) is 14.8 Å². The third-order valence-corrected chi connectivity index (χ3v) is 5.49. The molecule has 1 N–H and O–H groups in total. The Morgan fingerprint density at radius 3 is 2.59 bits per heavy atom. The molecular weight excluding hydrogens is 364 g/mol. The van der Waals surface area contributed by atoms with E-state index in [0.29, 0.717) is 15.9 Å². The van der Waals surface area contributed by atoms with Gasteiger partial charge >= 0.3 is 0 Å². The van der Waals surface area contributed by atoms with Crippen LogP contribution in [0.2, 0.25) is 0 Å². The molecular formula is C19H16N4O3S. The lowest BCUT2D eigenvalue weighted by molar-refractivity contribution is -0.118. The highest BCUT2D eigenvalue weighted by Gasteiger charge is 2.16. The number of carbonyl (C=O) groups excluding carboxylic acids is 1. The van der Waals surface area contributed by atoms with Crippen LogP contribution < -0.4 is 16.0 Å². The largest absolute Gasteiger partial charge is 0.291 e. The van der Waals surface area contributed by atoms with Crippen LogP contribution in [0.25, 0.3) is 21.0 Å². The molecule has 0 fully saturated rings. The highest BCUT2D eigenvalue weighted by atomic mass is 32.1. The number of carbonyl (C=O) groups is 1. The zero-order valence-corrected chi connectivity index (χ0v) is 15.3. The number of anilines is 1. The monoisotopic (exact) mass is 380 g/mol. The van der Waals surface area contributed by atoms with Gasteiger partial charge in [-0.05, 0) is 24.3 Å². The Bertz CT molecular complexity index is 1240. The summed E-state index contributed by atoms with van der Waals surface area (Å²) in [5, 5.41) is 3.82. The summed E-state index contributed by atoms with van der Waals surface area (Å²) in [6, 6.07) is 14.3. The molecule has 7 nitrogen and oxygen atoms in total. The zero-order valence-electron chi connectivity index (χ0n) is 14.5. The SMILES string of the molecule is CN(C(=O)CCn1[nH]c(=O)c2ccccc2c1=O)c1nc2ccccc2s1. The first-order valence-corrected chi connectivity index (χ1v) is 9.20. The van der Waals surface area contributed by atoms with Crippen LogP contribution in [0.4, 0.5) is 5.13 Å². The van der Waals surface area contributed by atoms with E-state index in [-0.39, 0.29) is 30.0 Å². The second-order valence-corrected chi connectivity index (χ2v) is 7.12. The van der Waals surface area contributed by atoms with Crippen molar-refractivity contribution in [2.45, 2.75) is 13.0 Å². The zero-order chi connectivity index (χ0) is 19.0. The van der Waals surface area contributed by atoms with Gasteiger partial charge in [0.15, 0.2) is 5.13 Å². The summed E-state index contributed by atoms with van der Waals surface area (Å²) >= 11 is 1.43. The number of aromatic amines is 1. The summed E-state index contributed by atoms with van der Waals surface area (Å²) in [6.45, 7) is 0.0903. The molecule has 0 aliphatic rings. The molecule has 0 saturated carbocycles. The maximum atomic E-state index is 12.5. The third kappa shape index (κ3) is 3.15. The summed E-state index contributed by atoms with van der Waals surface area (Å²) < 4.78 is 2.19. The van der Waals surface area contributed by atoms with Gasteiger partial charge in [0.25, 0.3) is 11.1 Å². The van der Waals surface area contributed by atoms with Gasteiger partial charge in [0.1, 0.15) is 0 Å². The van der Waals surface area contributed by atoms with Gasteiger partial charge in [-0.15, -0.1) is 0 Å². The average molecular weight is 380 g/mol. The highest BCUT2D eigenvalue weighted by molar-refractivity contribution is 7.22. The van der Waals surface area contributed by atoms with Crippen LogP contribution in [0.5, 0.6) is 0 Å². The minimum Gasteiger partial charge on any atom is -0.291 e. The molecule has 1 amide bonds. The van der Waals surface area contributed by atoms with Gasteiger partial charge in [-0.25, -0.2) is 9.67 Å². The lowest BCUT2D eigenvalue weighted by Gasteiger charge is -2.14. The molecule has 0 aliphatic carbocycles. The van der Waals surface area contributed by atoms with E-state index in [1.807, 2.05) is 24.3 Å². The first-order chi connectivity index (χ1) is 13.0. The summed E-state index contributed by atoms with van der Waals surface area (Å²) in [4.78, 5) is 43.1. The molecule has 0 radical (unpaired) electrons. The number of amides is 1. The Labute approximate surface area is 157 Å². The number of hydrogen-bond donors (Lipinski definition) is 1. The molecule has 0 unspecified atom stereocenters. The fourth-order valence-electron chi connectivity index (χ4n) is 2.89. The molecule has 0 bridgehead atoms. The molecule has 27 heavy (non-hydrogen) atoms. The number of fused-ring (bicyclic) bond motifs is 2. The fraction of sp³-hybridized carbons (Fsp3) is 0.158. The Morgan fingerprint density at radius 2 is 1.81 bits per heavy atom. The quantitative estimate of drug-likeness (QED) is 0.589. The number of nitrogens with one attached hydrogen (secondary N) is 1. The number of para-hydroxylation sites is 1. The number of benzene rings is 2. The Morgan fingerprint density at radius 1 is 1.11 bits per heavy atom. The molecule has 136 valence electrons. The predicted molar refractivity (Wildman–Crippen MR) is 106 cm³/mol. The number of aromatic nitrogens is 3. The normalized spacial score (nSPS) is 11.1. The molecule has 2 aromatic carbocycles. The second kappa shape index (κ2) is 6.81. The van der Waals surface area contributed by atoms with Crippen LogP contribution in [0, 0.1) is 0 Å².